The summed E-state index contributed by atoms with van der Waals surface area (Å²) in [6.07, 6.45) is 3.08. The first-order valence-corrected chi connectivity index (χ1v) is 7.56. The van der Waals surface area contributed by atoms with Gasteiger partial charge in [0.2, 0.25) is 0 Å². The van der Waals surface area contributed by atoms with Crippen LogP contribution in [0.2, 0.25) is 0 Å². The number of rotatable bonds is 4. The second kappa shape index (κ2) is 6.10. The molecule has 1 atom stereocenters. The minimum absolute atomic E-state index is 0.202. The Kier molecular flexibility index (Phi) is 4.66. The number of aromatic nitrogens is 1. The summed E-state index contributed by atoms with van der Waals surface area (Å²) in [5.74, 6) is 1.04. The summed E-state index contributed by atoms with van der Waals surface area (Å²) in [6.45, 7) is 10.8. The van der Waals surface area contributed by atoms with E-state index in [1.54, 1.807) is 0 Å². The Morgan fingerprint density at radius 3 is 2.75 bits per heavy atom. The van der Waals surface area contributed by atoms with Gasteiger partial charge in [0.05, 0.1) is 0 Å². The largest absolute Gasteiger partial charge is 0.360 e. The third-order valence-electron chi connectivity index (χ3n) is 4.47. The zero-order valence-corrected chi connectivity index (χ0v) is 13.3. The average Bonchev–Trinajstić information content (AvgIpc) is 2.42. The summed E-state index contributed by atoms with van der Waals surface area (Å²) in [6, 6.07) is 4.62. The highest BCUT2D eigenvalue weighted by atomic mass is 15.2. The molecule has 1 fully saturated rings. The molecule has 1 aromatic heterocycles. The molecule has 0 bridgehead atoms. The van der Waals surface area contributed by atoms with Crippen molar-refractivity contribution in [2.24, 2.45) is 11.1 Å². The smallest absolute Gasteiger partial charge is 0.128 e. The van der Waals surface area contributed by atoms with E-state index in [0.29, 0.717) is 6.04 Å². The molecule has 1 aromatic rings. The molecule has 0 amide bonds. The van der Waals surface area contributed by atoms with E-state index in [9.17, 15) is 0 Å². The zero-order valence-electron chi connectivity index (χ0n) is 13.3. The molecule has 0 aliphatic carbocycles. The number of anilines is 1. The number of nitrogens with zero attached hydrogens (tertiary/aromatic N) is 3. The lowest BCUT2D eigenvalue weighted by Gasteiger charge is -2.42. The Bertz CT molecular complexity index is 427. The predicted octanol–water partition coefficient (Wildman–Crippen LogP) is 2.10. The van der Waals surface area contributed by atoms with Gasteiger partial charge in [0, 0.05) is 45.5 Å². The first-order valence-electron chi connectivity index (χ1n) is 7.56. The molecule has 20 heavy (non-hydrogen) atoms. The van der Waals surface area contributed by atoms with Crippen molar-refractivity contribution in [2.75, 3.05) is 31.6 Å². The molecule has 1 unspecified atom stereocenters. The van der Waals surface area contributed by atoms with Crippen LogP contribution in [-0.4, -0.2) is 42.6 Å². The third kappa shape index (κ3) is 3.49. The van der Waals surface area contributed by atoms with E-state index in [4.69, 9.17) is 5.73 Å². The molecule has 1 aliphatic rings. The molecule has 1 saturated heterocycles. The summed E-state index contributed by atoms with van der Waals surface area (Å²) >= 11 is 0. The van der Waals surface area contributed by atoms with Gasteiger partial charge in [-0.05, 0) is 30.4 Å². The predicted molar refractivity (Wildman–Crippen MR) is 84.8 cm³/mol. The van der Waals surface area contributed by atoms with Crippen molar-refractivity contribution in [1.82, 2.24) is 9.88 Å². The quantitative estimate of drug-likeness (QED) is 0.915. The highest BCUT2D eigenvalue weighted by Gasteiger charge is 2.33. The van der Waals surface area contributed by atoms with Crippen molar-refractivity contribution >= 4 is 5.82 Å². The van der Waals surface area contributed by atoms with E-state index in [1.807, 2.05) is 6.20 Å². The molecule has 0 spiro atoms. The summed E-state index contributed by atoms with van der Waals surface area (Å²) in [4.78, 5) is 9.18. The van der Waals surface area contributed by atoms with Gasteiger partial charge in [0.1, 0.15) is 5.82 Å². The van der Waals surface area contributed by atoms with Crippen LogP contribution in [0.1, 0.15) is 32.8 Å². The Morgan fingerprint density at radius 2 is 2.20 bits per heavy atom. The van der Waals surface area contributed by atoms with Crippen LogP contribution in [0.3, 0.4) is 0 Å². The van der Waals surface area contributed by atoms with Gasteiger partial charge in [-0.3, -0.25) is 4.90 Å². The SMILES string of the molecule is CCN(C)c1ccc(CN2CCC(N)C(C)(C)C2)cn1. The number of likely N-dealkylation sites (tertiary alicyclic amines) is 1. The maximum Gasteiger partial charge on any atom is 0.128 e. The fourth-order valence-electron chi connectivity index (χ4n) is 2.78. The van der Waals surface area contributed by atoms with Crippen LogP contribution in [0.25, 0.3) is 0 Å². The number of piperidine rings is 1. The molecule has 2 rings (SSSR count). The molecule has 0 radical (unpaired) electrons. The van der Waals surface area contributed by atoms with Crippen LogP contribution in [0.4, 0.5) is 5.82 Å². The molecule has 0 aromatic carbocycles. The van der Waals surface area contributed by atoms with Crippen LogP contribution in [0.5, 0.6) is 0 Å². The van der Waals surface area contributed by atoms with Gasteiger partial charge in [-0.15, -0.1) is 0 Å². The lowest BCUT2D eigenvalue weighted by molar-refractivity contribution is 0.0898. The van der Waals surface area contributed by atoms with Crippen LogP contribution in [0.15, 0.2) is 18.3 Å². The van der Waals surface area contributed by atoms with Crippen molar-refractivity contribution in [2.45, 2.75) is 39.8 Å². The molecule has 112 valence electrons. The summed E-state index contributed by atoms with van der Waals surface area (Å²) in [7, 11) is 2.07. The second-order valence-electron chi connectivity index (χ2n) is 6.63. The molecular formula is C16H28N4. The molecule has 4 heteroatoms. The van der Waals surface area contributed by atoms with Crippen molar-refractivity contribution in [3.8, 4) is 0 Å². The fraction of sp³-hybridized carbons (Fsp3) is 0.688. The summed E-state index contributed by atoms with van der Waals surface area (Å²) in [5.41, 5.74) is 7.68. The Hall–Kier alpha value is -1.13. The number of hydrogen-bond donors (Lipinski definition) is 1. The van der Waals surface area contributed by atoms with Crippen molar-refractivity contribution < 1.29 is 0 Å². The molecule has 2 N–H and O–H groups in total. The molecule has 0 saturated carbocycles. The van der Waals surface area contributed by atoms with Crippen LogP contribution in [-0.2, 0) is 6.54 Å². The maximum atomic E-state index is 6.19. The summed E-state index contributed by atoms with van der Waals surface area (Å²) < 4.78 is 0. The molecule has 2 heterocycles. The van der Waals surface area contributed by atoms with Gasteiger partial charge in [-0.2, -0.15) is 0 Å². The van der Waals surface area contributed by atoms with E-state index in [-0.39, 0.29) is 5.41 Å². The van der Waals surface area contributed by atoms with E-state index >= 15 is 0 Å². The second-order valence-corrected chi connectivity index (χ2v) is 6.63. The van der Waals surface area contributed by atoms with Crippen LogP contribution >= 0.6 is 0 Å². The lowest BCUT2D eigenvalue weighted by Crippen LogP contribution is -2.52. The van der Waals surface area contributed by atoms with Gasteiger partial charge >= 0.3 is 0 Å². The topological polar surface area (TPSA) is 45.4 Å². The van der Waals surface area contributed by atoms with Crippen molar-refractivity contribution in [3.05, 3.63) is 23.9 Å². The van der Waals surface area contributed by atoms with Gasteiger partial charge in [-0.25, -0.2) is 4.98 Å². The highest BCUT2D eigenvalue weighted by molar-refractivity contribution is 5.37. The van der Waals surface area contributed by atoms with E-state index in [0.717, 1.165) is 38.4 Å². The minimum atomic E-state index is 0.202. The minimum Gasteiger partial charge on any atom is -0.360 e. The third-order valence-corrected chi connectivity index (χ3v) is 4.47. The average molecular weight is 276 g/mol. The monoisotopic (exact) mass is 276 g/mol. The number of nitrogens with two attached hydrogens (primary N) is 1. The molecular weight excluding hydrogens is 248 g/mol. The number of hydrogen-bond acceptors (Lipinski definition) is 4. The first-order chi connectivity index (χ1) is 9.42. The van der Waals surface area contributed by atoms with E-state index < -0.39 is 0 Å². The van der Waals surface area contributed by atoms with Crippen molar-refractivity contribution in [3.63, 3.8) is 0 Å². The Morgan fingerprint density at radius 1 is 1.45 bits per heavy atom. The standard InChI is InChI=1S/C16H28N4/c1-5-19(4)15-7-6-13(10-18-15)11-20-9-8-14(17)16(2,3)12-20/h6-7,10,14H,5,8-9,11-12,17H2,1-4H3. The first kappa shape index (κ1) is 15.3. The van der Waals surface area contributed by atoms with E-state index in [1.165, 1.54) is 5.56 Å². The highest BCUT2D eigenvalue weighted by Crippen LogP contribution is 2.28. The normalized spacial score (nSPS) is 22.8. The van der Waals surface area contributed by atoms with Gasteiger partial charge in [-0.1, -0.05) is 19.9 Å². The summed E-state index contributed by atoms with van der Waals surface area (Å²) in [5, 5.41) is 0. The lowest BCUT2D eigenvalue weighted by atomic mass is 9.79. The number of pyridine rings is 1. The Balaban J connectivity index is 1.97. The van der Waals surface area contributed by atoms with Gasteiger partial charge < -0.3 is 10.6 Å². The van der Waals surface area contributed by atoms with Crippen molar-refractivity contribution in [1.29, 1.82) is 0 Å². The maximum absolute atomic E-state index is 6.19. The van der Waals surface area contributed by atoms with Crippen LogP contribution in [0, 0.1) is 5.41 Å². The fourth-order valence-corrected chi connectivity index (χ4v) is 2.78. The van der Waals surface area contributed by atoms with Crippen LogP contribution < -0.4 is 10.6 Å². The van der Waals surface area contributed by atoms with Gasteiger partial charge in [0.25, 0.3) is 0 Å². The zero-order chi connectivity index (χ0) is 14.8. The van der Waals surface area contributed by atoms with E-state index in [2.05, 4.69) is 54.7 Å². The molecule has 1 aliphatic heterocycles. The Labute approximate surface area is 123 Å². The van der Waals surface area contributed by atoms with Gasteiger partial charge in [0.15, 0.2) is 0 Å². The molecule has 4 nitrogen and oxygen atoms in total.